The van der Waals surface area contributed by atoms with Gasteiger partial charge in [0.1, 0.15) is 11.8 Å². The molecule has 1 fully saturated rings. The van der Waals surface area contributed by atoms with Crippen LogP contribution in [0, 0.1) is 5.41 Å². The van der Waals surface area contributed by atoms with Crippen molar-refractivity contribution < 1.29 is 19.1 Å². The van der Waals surface area contributed by atoms with Crippen molar-refractivity contribution in [1.82, 2.24) is 16.0 Å². The van der Waals surface area contributed by atoms with Crippen LogP contribution in [0.3, 0.4) is 0 Å². The van der Waals surface area contributed by atoms with Crippen molar-refractivity contribution in [2.75, 3.05) is 40.0 Å². The first-order valence-corrected chi connectivity index (χ1v) is 8.99. The highest BCUT2D eigenvalue weighted by Crippen LogP contribution is 2.28. The molecule has 1 unspecified atom stereocenters. The molecule has 0 aliphatic carbocycles. The predicted molar refractivity (Wildman–Crippen MR) is 99.0 cm³/mol. The third-order valence-corrected chi connectivity index (χ3v) is 4.64. The number of hydrogen-bond donors (Lipinski definition) is 3. The van der Waals surface area contributed by atoms with Crippen LogP contribution in [-0.4, -0.2) is 57.8 Å². The standard InChI is InChI=1S/C19H29N3O4/c1-15(22-17(23)12-26-16-6-4-3-5-7-16)18(24)21-13-19(14-25-2)8-10-20-11-9-19/h3-7,15,20H,8-14H2,1-2H3,(H,21,24)(H,22,23). The lowest BCUT2D eigenvalue weighted by Crippen LogP contribution is -2.51. The Morgan fingerprint density at radius 3 is 2.58 bits per heavy atom. The van der Waals surface area contributed by atoms with Crippen LogP contribution in [0.2, 0.25) is 0 Å². The highest BCUT2D eigenvalue weighted by Gasteiger charge is 2.33. The van der Waals surface area contributed by atoms with Crippen LogP contribution in [0.5, 0.6) is 5.75 Å². The lowest BCUT2D eigenvalue weighted by molar-refractivity contribution is -0.130. The highest BCUT2D eigenvalue weighted by molar-refractivity contribution is 5.87. The Labute approximate surface area is 154 Å². The van der Waals surface area contributed by atoms with E-state index in [0.717, 1.165) is 25.9 Å². The smallest absolute Gasteiger partial charge is 0.258 e. The summed E-state index contributed by atoms with van der Waals surface area (Å²) in [6.45, 7) is 4.54. The third-order valence-electron chi connectivity index (χ3n) is 4.64. The molecule has 7 heteroatoms. The maximum Gasteiger partial charge on any atom is 0.258 e. The highest BCUT2D eigenvalue weighted by atomic mass is 16.5. The molecule has 1 saturated heterocycles. The largest absolute Gasteiger partial charge is 0.484 e. The van der Waals surface area contributed by atoms with Crippen LogP contribution < -0.4 is 20.7 Å². The molecule has 0 saturated carbocycles. The monoisotopic (exact) mass is 363 g/mol. The number of carbonyl (C=O) groups excluding carboxylic acids is 2. The molecule has 26 heavy (non-hydrogen) atoms. The maximum atomic E-state index is 12.3. The van der Waals surface area contributed by atoms with Gasteiger partial charge in [-0.15, -0.1) is 0 Å². The van der Waals surface area contributed by atoms with Crippen LogP contribution >= 0.6 is 0 Å². The summed E-state index contributed by atoms with van der Waals surface area (Å²) in [4.78, 5) is 24.3. The number of ether oxygens (including phenoxy) is 2. The molecule has 1 aliphatic rings. The molecule has 1 atom stereocenters. The van der Waals surface area contributed by atoms with Gasteiger partial charge in [0.05, 0.1) is 6.61 Å². The third kappa shape index (κ3) is 6.31. The van der Waals surface area contributed by atoms with Crippen molar-refractivity contribution in [2.24, 2.45) is 5.41 Å². The summed E-state index contributed by atoms with van der Waals surface area (Å²) in [5.41, 5.74) is -0.0458. The summed E-state index contributed by atoms with van der Waals surface area (Å²) < 4.78 is 10.7. The minimum atomic E-state index is -0.622. The quantitative estimate of drug-likeness (QED) is 0.601. The average Bonchev–Trinajstić information content (AvgIpc) is 2.66. The van der Waals surface area contributed by atoms with Crippen molar-refractivity contribution in [2.45, 2.75) is 25.8 Å². The summed E-state index contributed by atoms with van der Waals surface area (Å²) >= 11 is 0. The first kappa shape index (κ1) is 20.2. The molecular weight excluding hydrogens is 334 g/mol. The molecule has 1 aliphatic heterocycles. The molecule has 0 bridgehead atoms. The van der Waals surface area contributed by atoms with Gasteiger partial charge in [-0.25, -0.2) is 0 Å². The van der Waals surface area contributed by atoms with Gasteiger partial charge in [-0.1, -0.05) is 18.2 Å². The van der Waals surface area contributed by atoms with E-state index in [2.05, 4.69) is 16.0 Å². The molecule has 1 aromatic rings. The van der Waals surface area contributed by atoms with E-state index < -0.39 is 6.04 Å². The number of carbonyl (C=O) groups is 2. The Balaban J connectivity index is 1.74. The number of benzene rings is 1. The Kier molecular flexibility index (Phi) is 7.87. The molecule has 7 nitrogen and oxygen atoms in total. The van der Waals surface area contributed by atoms with Crippen molar-refractivity contribution in [1.29, 1.82) is 0 Å². The number of para-hydroxylation sites is 1. The summed E-state index contributed by atoms with van der Waals surface area (Å²) in [6.07, 6.45) is 1.90. The number of piperidine rings is 1. The topological polar surface area (TPSA) is 88.7 Å². The van der Waals surface area contributed by atoms with Gasteiger partial charge in [-0.3, -0.25) is 9.59 Å². The molecule has 0 spiro atoms. The minimum Gasteiger partial charge on any atom is -0.484 e. The van der Waals surface area contributed by atoms with Crippen molar-refractivity contribution in [3.63, 3.8) is 0 Å². The molecule has 3 N–H and O–H groups in total. The van der Waals surface area contributed by atoms with Gasteiger partial charge in [0.15, 0.2) is 6.61 Å². The van der Waals surface area contributed by atoms with Crippen molar-refractivity contribution in [3.05, 3.63) is 30.3 Å². The first-order valence-electron chi connectivity index (χ1n) is 8.99. The van der Waals surface area contributed by atoms with E-state index >= 15 is 0 Å². The molecule has 144 valence electrons. The second kappa shape index (κ2) is 10.1. The summed E-state index contributed by atoms with van der Waals surface area (Å²) in [6, 6.07) is 8.47. The van der Waals surface area contributed by atoms with Crippen molar-refractivity contribution in [3.8, 4) is 5.75 Å². The lowest BCUT2D eigenvalue weighted by Gasteiger charge is -2.37. The molecular formula is C19H29N3O4. The van der Waals surface area contributed by atoms with Crippen LogP contribution in [0.1, 0.15) is 19.8 Å². The Hall–Kier alpha value is -2.12. The lowest BCUT2D eigenvalue weighted by atomic mass is 9.79. The zero-order valence-corrected chi connectivity index (χ0v) is 15.5. The number of methoxy groups -OCH3 is 1. The second-order valence-electron chi connectivity index (χ2n) is 6.79. The summed E-state index contributed by atoms with van der Waals surface area (Å²) in [5, 5.41) is 8.94. The molecule has 1 aromatic carbocycles. The summed E-state index contributed by atoms with van der Waals surface area (Å²) in [5.74, 6) is 0.0872. The normalized spacial score (nSPS) is 17.2. The molecule has 1 heterocycles. The minimum absolute atomic E-state index is 0.0458. The van der Waals surface area contributed by atoms with Gasteiger partial charge in [0.2, 0.25) is 5.91 Å². The van der Waals surface area contributed by atoms with E-state index in [4.69, 9.17) is 9.47 Å². The van der Waals surface area contributed by atoms with E-state index in [0.29, 0.717) is 18.9 Å². The van der Waals surface area contributed by atoms with Crippen LogP contribution in [-0.2, 0) is 14.3 Å². The molecule has 2 rings (SSSR count). The first-order chi connectivity index (χ1) is 12.5. The fraction of sp³-hybridized carbons (Fsp3) is 0.579. The van der Waals surface area contributed by atoms with Gasteiger partial charge >= 0.3 is 0 Å². The van der Waals surface area contributed by atoms with Gasteiger partial charge in [-0.05, 0) is 45.0 Å². The zero-order chi connectivity index (χ0) is 18.8. The van der Waals surface area contributed by atoms with Crippen LogP contribution in [0.15, 0.2) is 30.3 Å². The van der Waals surface area contributed by atoms with Crippen molar-refractivity contribution >= 4 is 11.8 Å². The second-order valence-corrected chi connectivity index (χ2v) is 6.79. The summed E-state index contributed by atoms with van der Waals surface area (Å²) in [7, 11) is 1.68. The average molecular weight is 363 g/mol. The SMILES string of the molecule is COCC1(CNC(=O)C(C)NC(=O)COc2ccccc2)CCNCC1. The maximum absolute atomic E-state index is 12.3. The van der Waals surface area contributed by atoms with E-state index in [1.54, 1.807) is 26.2 Å². The van der Waals surface area contributed by atoms with E-state index in [-0.39, 0.29) is 23.8 Å². The predicted octanol–water partition coefficient (Wildman–Crippen LogP) is 0.703. The van der Waals surface area contributed by atoms with Crippen LogP contribution in [0.25, 0.3) is 0 Å². The van der Waals surface area contributed by atoms with Crippen LogP contribution in [0.4, 0.5) is 0 Å². The van der Waals surface area contributed by atoms with E-state index in [1.807, 2.05) is 18.2 Å². The van der Waals surface area contributed by atoms with E-state index in [1.165, 1.54) is 0 Å². The Morgan fingerprint density at radius 1 is 1.23 bits per heavy atom. The fourth-order valence-electron chi connectivity index (χ4n) is 3.08. The fourth-order valence-corrected chi connectivity index (χ4v) is 3.08. The number of nitrogens with one attached hydrogen (secondary N) is 3. The Morgan fingerprint density at radius 2 is 1.92 bits per heavy atom. The zero-order valence-electron chi connectivity index (χ0n) is 15.5. The number of hydrogen-bond acceptors (Lipinski definition) is 5. The molecule has 2 amide bonds. The number of rotatable bonds is 9. The van der Waals surface area contributed by atoms with E-state index in [9.17, 15) is 9.59 Å². The molecule has 0 aromatic heterocycles. The van der Waals surface area contributed by atoms with Gasteiger partial charge in [-0.2, -0.15) is 0 Å². The number of amides is 2. The van der Waals surface area contributed by atoms with Gasteiger partial charge < -0.3 is 25.4 Å². The Bertz CT molecular complexity index is 568. The van der Waals surface area contributed by atoms with Gasteiger partial charge in [0.25, 0.3) is 5.91 Å². The molecule has 0 radical (unpaired) electrons. The van der Waals surface area contributed by atoms with Gasteiger partial charge in [0, 0.05) is 19.1 Å².